The maximum atomic E-state index is 11.9. The van der Waals surface area contributed by atoms with Crippen LogP contribution in [0.25, 0.3) is 0 Å². The zero-order valence-corrected chi connectivity index (χ0v) is 12.9. The molecule has 0 amide bonds. The summed E-state index contributed by atoms with van der Waals surface area (Å²) >= 11 is 0. The van der Waals surface area contributed by atoms with Crippen molar-refractivity contribution in [2.45, 2.75) is 77.6 Å². The van der Waals surface area contributed by atoms with Crippen LogP contribution in [0.5, 0.6) is 0 Å². The number of rotatable bonds is 0. The van der Waals surface area contributed by atoms with E-state index in [1.54, 1.807) is 0 Å². The maximum Gasteiger partial charge on any atom is 0.133 e. The van der Waals surface area contributed by atoms with Crippen LogP contribution in [0.3, 0.4) is 0 Å². The van der Waals surface area contributed by atoms with Crippen LogP contribution in [0, 0.1) is 34.0 Å². The largest absolute Gasteiger partial charge is 0.300 e. The molecule has 1 unspecified atom stereocenters. The van der Waals surface area contributed by atoms with E-state index in [1.165, 1.54) is 57.8 Å². The van der Waals surface area contributed by atoms with E-state index >= 15 is 0 Å². The number of carbonyl (C=O) groups excluding carboxylic acids is 1. The lowest BCUT2D eigenvalue weighted by atomic mass is 9.50. The third-order valence-corrected chi connectivity index (χ3v) is 8.85. The molecule has 0 bridgehead atoms. The van der Waals surface area contributed by atoms with Gasteiger partial charge in [-0.1, -0.05) is 13.3 Å². The molecule has 0 N–H and O–H groups in total. The summed E-state index contributed by atoms with van der Waals surface area (Å²) in [7, 11) is 0. The molecule has 0 heterocycles. The van der Waals surface area contributed by atoms with Gasteiger partial charge in [0.25, 0.3) is 0 Å². The summed E-state index contributed by atoms with van der Waals surface area (Å²) in [5.41, 5.74) is 1.85. The molecule has 0 aromatic heterocycles. The van der Waals surface area contributed by atoms with Crippen LogP contribution in [-0.4, -0.2) is 5.78 Å². The Bertz CT molecular complexity index is 482. The van der Waals surface area contributed by atoms with Crippen molar-refractivity contribution < 1.29 is 4.79 Å². The lowest BCUT2D eigenvalue weighted by molar-refractivity contribution is -0.127. The monoisotopic (exact) mass is 272 g/mol. The minimum Gasteiger partial charge on any atom is -0.300 e. The molecule has 5 aliphatic rings. The minimum atomic E-state index is 0.510. The second-order valence-corrected chi connectivity index (χ2v) is 9.33. The third kappa shape index (κ3) is 1.25. The molecule has 0 saturated heterocycles. The van der Waals surface area contributed by atoms with Gasteiger partial charge in [-0.25, -0.2) is 0 Å². The van der Waals surface area contributed by atoms with Crippen molar-refractivity contribution in [3.05, 3.63) is 0 Å². The van der Waals surface area contributed by atoms with Gasteiger partial charge in [0, 0.05) is 12.8 Å². The molecule has 0 spiro atoms. The predicted molar refractivity (Wildman–Crippen MR) is 79.2 cm³/mol. The van der Waals surface area contributed by atoms with E-state index in [4.69, 9.17) is 0 Å². The van der Waals surface area contributed by atoms with Crippen molar-refractivity contribution in [3.8, 4) is 0 Å². The molecular formula is C19H28O. The Morgan fingerprint density at radius 2 is 1.90 bits per heavy atom. The Hall–Kier alpha value is -0.330. The Labute approximate surface area is 122 Å². The first kappa shape index (κ1) is 12.2. The molecule has 0 aromatic carbocycles. The lowest BCUT2D eigenvalue weighted by Gasteiger charge is -2.54. The molecule has 5 fully saturated rings. The SMILES string of the molecule is C[C@@]12CCC[C@H]1[C@@H]1CCC34CC(=O)CC[C@]3(C4)[C@H]1CC2. The predicted octanol–water partition coefficient (Wildman–Crippen LogP) is 4.74. The number of carbonyl (C=O) groups is 1. The number of Topliss-reactive ketones (excluding diaryl/α,β-unsaturated/α-hetero) is 1. The number of fused-ring (bicyclic) bond motifs is 3. The van der Waals surface area contributed by atoms with Gasteiger partial charge < -0.3 is 0 Å². The second kappa shape index (κ2) is 3.52. The second-order valence-electron chi connectivity index (χ2n) is 9.33. The first-order valence-corrected chi connectivity index (χ1v) is 9.10. The quantitative estimate of drug-likeness (QED) is 0.622. The van der Waals surface area contributed by atoms with Gasteiger partial charge in [0.05, 0.1) is 0 Å². The summed E-state index contributed by atoms with van der Waals surface area (Å²) < 4.78 is 0. The van der Waals surface area contributed by atoms with E-state index in [-0.39, 0.29) is 0 Å². The first-order valence-electron chi connectivity index (χ1n) is 9.10. The van der Waals surface area contributed by atoms with Gasteiger partial charge >= 0.3 is 0 Å². The highest BCUT2D eigenvalue weighted by Gasteiger charge is 2.75. The topological polar surface area (TPSA) is 17.1 Å². The fourth-order valence-electron chi connectivity index (χ4n) is 7.93. The van der Waals surface area contributed by atoms with E-state index in [2.05, 4.69) is 6.92 Å². The molecule has 5 saturated carbocycles. The van der Waals surface area contributed by atoms with Gasteiger partial charge in [0.1, 0.15) is 5.78 Å². The molecule has 0 radical (unpaired) electrons. The molecule has 0 aromatic rings. The van der Waals surface area contributed by atoms with Crippen LogP contribution >= 0.6 is 0 Å². The van der Waals surface area contributed by atoms with Gasteiger partial charge in [-0.05, 0) is 85.4 Å². The smallest absolute Gasteiger partial charge is 0.133 e. The van der Waals surface area contributed by atoms with Crippen LogP contribution in [0.15, 0.2) is 0 Å². The molecule has 0 aliphatic heterocycles. The first-order chi connectivity index (χ1) is 9.59. The van der Waals surface area contributed by atoms with Crippen molar-refractivity contribution in [3.63, 3.8) is 0 Å². The Morgan fingerprint density at radius 3 is 2.80 bits per heavy atom. The van der Waals surface area contributed by atoms with E-state index in [0.29, 0.717) is 22.0 Å². The van der Waals surface area contributed by atoms with E-state index in [0.717, 1.165) is 30.6 Å². The molecule has 5 rings (SSSR count). The van der Waals surface area contributed by atoms with Crippen molar-refractivity contribution in [2.75, 3.05) is 0 Å². The summed E-state index contributed by atoms with van der Waals surface area (Å²) in [6, 6.07) is 0. The van der Waals surface area contributed by atoms with Crippen molar-refractivity contribution in [1.82, 2.24) is 0 Å². The van der Waals surface area contributed by atoms with E-state index < -0.39 is 0 Å². The van der Waals surface area contributed by atoms with E-state index in [1.807, 2.05) is 0 Å². The highest BCUT2D eigenvalue weighted by atomic mass is 16.1. The van der Waals surface area contributed by atoms with Crippen molar-refractivity contribution >= 4 is 5.78 Å². The van der Waals surface area contributed by atoms with Gasteiger partial charge in [-0.3, -0.25) is 4.79 Å². The fourth-order valence-corrected chi connectivity index (χ4v) is 7.93. The van der Waals surface area contributed by atoms with Gasteiger partial charge in [0.15, 0.2) is 0 Å². The van der Waals surface area contributed by atoms with Crippen LogP contribution in [0.1, 0.15) is 77.6 Å². The van der Waals surface area contributed by atoms with Crippen LogP contribution in [-0.2, 0) is 4.79 Å². The highest BCUT2D eigenvalue weighted by Crippen LogP contribution is 2.82. The van der Waals surface area contributed by atoms with Crippen LogP contribution in [0.2, 0.25) is 0 Å². The van der Waals surface area contributed by atoms with Gasteiger partial charge in [0.2, 0.25) is 0 Å². The average Bonchev–Trinajstić information content (AvgIpc) is 2.95. The Morgan fingerprint density at radius 1 is 1.00 bits per heavy atom. The number of hydrogen-bond donors (Lipinski definition) is 0. The molecule has 6 atom stereocenters. The number of ketones is 1. The molecule has 20 heavy (non-hydrogen) atoms. The Balaban J connectivity index is 1.50. The van der Waals surface area contributed by atoms with Crippen LogP contribution < -0.4 is 0 Å². The summed E-state index contributed by atoms with van der Waals surface area (Å²) in [4.78, 5) is 11.9. The molecule has 110 valence electrons. The minimum absolute atomic E-state index is 0.510. The van der Waals surface area contributed by atoms with Gasteiger partial charge in [-0.15, -0.1) is 0 Å². The van der Waals surface area contributed by atoms with Crippen LogP contribution in [0.4, 0.5) is 0 Å². The third-order valence-electron chi connectivity index (χ3n) is 8.85. The molecular weight excluding hydrogens is 244 g/mol. The molecule has 1 heteroatoms. The molecule has 1 nitrogen and oxygen atoms in total. The van der Waals surface area contributed by atoms with E-state index in [9.17, 15) is 4.79 Å². The lowest BCUT2D eigenvalue weighted by Crippen LogP contribution is -2.47. The zero-order chi connectivity index (χ0) is 13.6. The molecule has 5 aliphatic carbocycles. The summed E-state index contributed by atoms with van der Waals surface area (Å²) in [5, 5.41) is 0. The fraction of sp³-hybridized carbons (Fsp3) is 0.947. The van der Waals surface area contributed by atoms with Gasteiger partial charge in [-0.2, -0.15) is 0 Å². The normalized spacial score (nSPS) is 60.2. The summed E-state index contributed by atoms with van der Waals surface area (Å²) in [6.07, 6.45) is 14.9. The summed E-state index contributed by atoms with van der Waals surface area (Å²) in [6.45, 7) is 2.59. The zero-order valence-electron chi connectivity index (χ0n) is 12.9. The maximum absolute atomic E-state index is 11.9. The Kier molecular flexibility index (Phi) is 2.16. The average molecular weight is 272 g/mol. The number of hydrogen-bond acceptors (Lipinski definition) is 1. The summed E-state index contributed by atoms with van der Waals surface area (Å²) in [5.74, 6) is 3.64. The standard InChI is InChI=1S/C19H28O/c1-17-7-2-3-15(17)14-5-9-18-11-13(20)4-10-19(18,12-18)16(14)6-8-17/h14-16H,2-12H2,1H3/t14-,15-,16-,17-,18?,19-/m0/s1. The van der Waals surface area contributed by atoms with Crippen molar-refractivity contribution in [2.24, 2.45) is 34.0 Å². The highest BCUT2D eigenvalue weighted by molar-refractivity contribution is 5.81. The van der Waals surface area contributed by atoms with Crippen molar-refractivity contribution in [1.29, 1.82) is 0 Å².